The Labute approximate surface area is 132 Å². The van der Waals surface area contributed by atoms with E-state index in [2.05, 4.69) is 30.2 Å². The van der Waals surface area contributed by atoms with Crippen molar-refractivity contribution in [1.29, 1.82) is 0 Å². The number of ether oxygens (including phenoxy) is 1. The number of aliphatic imine (C=N–C) groups is 1. The van der Waals surface area contributed by atoms with E-state index in [1.165, 1.54) is 11.1 Å². The van der Waals surface area contributed by atoms with Gasteiger partial charge in [-0.1, -0.05) is 24.6 Å². The molecule has 0 radical (unpaired) electrons. The third kappa shape index (κ3) is 6.66. The van der Waals surface area contributed by atoms with Crippen LogP contribution in [0.1, 0.15) is 24.5 Å². The standard InChI is InChI=1S/C14H23N3O.HI/c1-4-8-16-14(15)17-9-7-12-10-11(2)5-6-13(12)18-3;/h5-6,10H,4,7-9H2,1-3H3,(H3,15,16,17);1H. The molecule has 4 nitrogen and oxygen atoms in total. The van der Waals surface area contributed by atoms with Crippen LogP contribution in [-0.2, 0) is 6.42 Å². The summed E-state index contributed by atoms with van der Waals surface area (Å²) in [5.74, 6) is 1.44. The highest BCUT2D eigenvalue weighted by Gasteiger charge is 2.03. The first-order valence-corrected chi connectivity index (χ1v) is 6.34. The Kier molecular flexibility index (Phi) is 9.38. The lowest BCUT2D eigenvalue weighted by Crippen LogP contribution is -2.33. The Morgan fingerprint density at radius 2 is 2.16 bits per heavy atom. The van der Waals surface area contributed by atoms with E-state index in [9.17, 15) is 0 Å². The maximum Gasteiger partial charge on any atom is 0.188 e. The fourth-order valence-electron chi connectivity index (χ4n) is 1.72. The number of nitrogens with zero attached hydrogens (tertiary/aromatic N) is 1. The molecular formula is C14H24IN3O. The largest absolute Gasteiger partial charge is 0.496 e. The van der Waals surface area contributed by atoms with E-state index in [1.807, 2.05) is 12.1 Å². The van der Waals surface area contributed by atoms with Gasteiger partial charge in [0, 0.05) is 13.1 Å². The molecular weight excluding hydrogens is 353 g/mol. The van der Waals surface area contributed by atoms with Gasteiger partial charge in [-0.2, -0.15) is 0 Å². The highest BCUT2D eigenvalue weighted by Crippen LogP contribution is 2.19. The van der Waals surface area contributed by atoms with Gasteiger partial charge >= 0.3 is 0 Å². The van der Waals surface area contributed by atoms with E-state index >= 15 is 0 Å². The SMILES string of the molecule is CCCN=C(N)NCCc1cc(C)ccc1OC.I. The van der Waals surface area contributed by atoms with Gasteiger partial charge in [-0.15, -0.1) is 24.0 Å². The number of guanidine groups is 1. The number of hydrogen-bond donors (Lipinski definition) is 2. The van der Waals surface area contributed by atoms with Crippen molar-refractivity contribution in [2.24, 2.45) is 10.7 Å². The van der Waals surface area contributed by atoms with Crippen molar-refractivity contribution in [3.05, 3.63) is 29.3 Å². The van der Waals surface area contributed by atoms with E-state index in [1.54, 1.807) is 7.11 Å². The molecule has 0 bridgehead atoms. The van der Waals surface area contributed by atoms with Gasteiger partial charge in [-0.3, -0.25) is 4.99 Å². The van der Waals surface area contributed by atoms with Crippen molar-refractivity contribution >= 4 is 29.9 Å². The van der Waals surface area contributed by atoms with Gasteiger partial charge in [0.2, 0.25) is 0 Å². The quantitative estimate of drug-likeness (QED) is 0.455. The maximum atomic E-state index is 5.73. The second kappa shape index (κ2) is 9.89. The number of nitrogens with one attached hydrogen (secondary N) is 1. The lowest BCUT2D eigenvalue weighted by molar-refractivity contribution is 0.409. The number of halogens is 1. The predicted molar refractivity (Wildman–Crippen MR) is 91.6 cm³/mol. The first kappa shape index (κ1) is 18.0. The van der Waals surface area contributed by atoms with E-state index in [-0.39, 0.29) is 24.0 Å². The Balaban J connectivity index is 0.00000324. The molecule has 3 N–H and O–H groups in total. The minimum atomic E-state index is 0. The van der Waals surface area contributed by atoms with E-state index in [4.69, 9.17) is 10.5 Å². The Bertz CT molecular complexity index is 408. The van der Waals surface area contributed by atoms with Gasteiger partial charge in [0.25, 0.3) is 0 Å². The Morgan fingerprint density at radius 3 is 2.79 bits per heavy atom. The Morgan fingerprint density at radius 1 is 1.42 bits per heavy atom. The van der Waals surface area contributed by atoms with Crippen molar-refractivity contribution in [3.8, 4) is 5.75 Å². The highest BCUT2D eigenvalue weighted by atomic mass is 127. The first-order valence-electron chi connectivity index (χ1n) is 6.34. The molecule has 0 spiro atoms. The van der Waals surface area contributed by atoms with Crippen LogP contribution >= 0.6 is 24.0 Å². The van der Waals surface area contributed by atoms with Crippen LogP contribution in [0.25, 0.3) is 0 Å². The third-order valence-electron chi connectivity index (χ3n) is 2.64. The average molecular weight is 377 g/mol. The molecule has 0 heterocycles. The topological polar surface area (TPSA) is 59.6 Å². The monoisotopic (exact) mass is 377 g/mol. The van der Waals surface area contributed by atoms with E-state index in [0.717, 1.165) is 31.7 Å². The molecule has 0 aliphatic heterocycles. The molecule has 0 unspecified atom stereocenters. The predicted octanol–water partition coefficient (Wildman–Crippen LogP) is 2.48. The lowest BCUT2D eigenvalue weighted by Gasteiger charge is -2.10. The molecule has 0 fully saturated rings. The van der Waals surface area contributed by atoms with Crippen molar-refractivity contribution < 1.29 is 4.74 Å². The summed E-state index contributed by atoms with van der Waals surface area (Å²) in [7, 11) is 1.69. The molecule has 1 aromatic rings. The average Bonchev–Trinajstić information content (AvgIpc) is 2.36. The zero-order valence-electron chi connectivity index (χ0n) is 11.9. The van der Waals surface area contributed by atoms with Crippen molar-refractivity contribution in [2.75, 3.05) is 20.2 Å². The number of methoxy groups -OCH3 is 1. The summed E-state index contributed by atoms with van der Waals surface area (Å²) in [5.41, 5.74) is 8.15. The van der Waals surface area contributed by atoms with Gasteiger partial charge in [0.05, 0.1) is 7.11 Å². The first-order chi connectivity index (χ1) is 8.67. The van der Waals surface area contributed by atoms with Crippen molar-refractivity contribution in [1.82, 2.24) is 5.32 Å². The minimum Gasteiger partial charge on any atom is -0.496 e. The second-order valence-corrected chi connectivity index (χ2v) is 4.26. The molecule has 108 valence electrons. The molecule has 0 aliphatic rings. The smallest absolute Gasteiger partial charge is 0.188 e. The van der Waals surface area contributed by atoms with Crippen LogP contribution in [0.4, 0.5) is 0 Å². The molecule has 1 aromatic carbocycles. The molecule has 0 atom stereocenters. The second-order valence-electron chi connectivity index (χ2n) is 4.26. The summed E-state index contributed by atoms with van der Waals surface area (Å²) in [5, 5.41) is 3.11. The molecule has 0 aromatic heterocycles. The summed E-state index contributed by atoms with van der Waals surface area (Å²) in [4.78, 5) is 4.19. The van der Waals surface area contributed by atoms with Crippen LogP contribution < -0.4 is 15.8 Å². The van der Waals surface area contributed by atoms with Gasteiger partial charge in [0.15, 0.2) is 5.96 Å². The zero-order valence-corrected chi connectivity index (χ0v) is 14.2. The minimum absolute atomic E-state index is 0. The molecule has 0 saturated carbocycles. The van der Waals surface area contributed by atoms with Gasteiger partial charge in [-0.25, -0.2) is 0 Å². The number of hydrogen-bond acceptors (Lipinski definition) is 2. The van der Waals surface area contributed by atoms with E-state index < -0.39 is 0 Å². The van der Waals surface area contributed by atoms with Crippen LogP contribution in [0.15, 0.2) is 23.2 Å². The lowest BCUT2D eigenvalue weighted by atomic mass is 10.1. The summed E-state index contributed by atoms with van der Waals surface area (Å²) in [6.07, 6.45) is 1.88. The molecule has 0 amide bonds. The normalized spacial score (nSPS) is 10.8. The van der Waals surface area contributed by atoms with Crippen molar-refractivity contribution in [2.45, 2.75) is 26.7 Å². The number of benzene rings is 1. The highest BCUT2D eigenvalue weighted by molar-refractivity contribution is 14.0. The van der Waals surface area contributed by atoms with Crippen molar-refractivity contribution in [3.63, 3.8) is 0 Å². The summed E-state index contributed by atoms with van der Waals surface area (Å²) in [6.45, 7) is 5.69. The van der Waals surface area contributed by atoms with Gasteiger partial charge in [0.1, 0.15) is 5.75 Å². The number of nitrogens with two attached hydrogens (primary N) is 1. The fraction of sp³-hybridized carbons (Fsp3) is 0.500. The summed E-state index contributed by atoms with van der Waals surface area (Å²) in [6, 6.07) is 6.19. The summed E-state index contributed by atoms with van der Waals surface area (Å²) < 4.78 is 5.33. The van der Waals surface area contributed by atoms with Gasteiger partial charge in [-0.05, 0) is 31.4 Å². The van der Waals surface area contributed by atoms with E-state index in [0.29, 0.717) is 5.96 Å². The van der Waals surface area contributed by atoms with Crippen LogP contribution in [0, 0.1) is 6.92 Å². The maximum absolute atomic E-state index is 5.73. The summed E-state index contributed by atoms with van der Waals surface area (Å²) >= 11 is 0. The zero-order chi connectivity index (χ0) is 13.4. The van der Waals surface area contributed by atoms with Crippen LogP contribution in [0.2, 0.25) is 0 Å². The molecule has 0 saturated heterocycles. The van der Waals surface area contributed by atoms with Crippen LogP contribution in [-0.4, -0.2) is 26.2 Å². The van der Waals surface area contributed by atoms with Crippen LogP contribution in [0.5, 0.6) is 5.75 Å². The Hall–Kier alpha value is -0.980. The van der Waals surface area contributed by atoms with Crippen LogP contribution in [0.3, 0.4) is 0 Å². The number of aryl methyl sites for hydroxylation is 1. The fourth-order valence-corrected chi connectivity index (χ4v) is 1.72. The van der Waals surface area contributed by atoms with Gasteiger partial charge < -0.3 is 15.8 Å². The molecule has 0 aliphatic carbocycles. The molecule has 1 rings (SSSR count). The molecule has 19 heavy (non-hydrogen) atoms. The number of rotatable bonds is 6. The molecule has 5 heteroatoms. The third-order valence-corrected chi connectivity index (χ3v) is 2.64.